The van der Waals surface area contributed by atoms with E-state index < -0.39 is 0 Å². The van der Waals surface area contributed by atoms with Crippen LogP contribution in [0.4, 0.5) is 0 Å². The zero-order valence-electron chi connectivity index (χ0n) is 13.7. The van der Waals surface area contributed by atoms with E-state index in [2.05, 4.69) is 26.3 Å². The third-order valence-electron chi connectivity index (χ3n) is 3.72. The van der Waals surface area contributed by atoms with Crippen molar-refractivity contribution in [3.05, 3.63) is 80.7 Å². The van der Waals surface area contributed by atoms with Gasteiger partial charge in [-0.25, -0.2) is 0 Å². The van der Waals surface area contributed by atoms with Gasteiger partial charge in [-0.15, -0.1) is 0 Å². The molecule has 25 heavy (non-hydrogen) atoms. The number of thiophene rings is 1. The number of rotatable bonds is 6. The first kappa shape index (κ1) is 17.6. The molecule has 0 fully saturated rings. The van der Waals surface area contributed by atoms with E-state index in [9.17, 15) is 4.79 Å². The average Bonchev–Trinajstić information content (AvgIpc) is 3.15. The summed E-state index contributed by atoms with van der Waals surface area (Å²) in [6.45, 7) is 0.974. The van der Waals surface area contributed by atoms with Crippen LogP contribution in [0.2, 0.25) is 0 Å². The molecule has 4 nitrogen and oxygen atoms in total. The lowest BCUT2D eigenvalue weighted by molar-refractivity contribution is 0.0726. The molecular formula is C19H17BrN2O2S. The molecule has 0 atom stereocenters. The Morgan fingerprint density at radius 2 is 2.12 bits per heavy atom. The third-order valence-corrected chi connectivity index (χ3v) is 5.15. The second kappa shape index (κ2) is 8.27. The maximum absolute atomic E-state index is 13.2. The number of hydrogen-bond donors (Lipinski definition) is 0. The number of benzene rings is 1. The number of halogens is 1. The maximum Gasteiger partial charge on any atom is 0.255 e. The molecule has 0 saturated heterocycles. The van der Waals surface area contributed by atoms with Gasteiger partial charge >= 0.3 is 0 Å². The minimum atomic E-state index is -0.0670. The molecule has 0 radical (unpaired) electrons. The fourth-order valence-corrected chi connectivity index (χ4v) is 3.53. The van der Waals surface area contributed by atoms with Crippen molar-refractivity contribution in [3.8, 4) is 5.75 Å². The Balaban J connectivity index is 1.91. The van der Waals surface area contributed by atoms with Crippen molar-refractivity contribution in [2.75, 3.05) is 7.11 Å². The topological polar surface area (TPSA) is 42.4 Å². The van der Waals surface area contributed by atoms with Gasteiger partial charge in [0.25, 0.3) is 5.91 Å². The van der Waals surface area contributed by atoms with Crippen LogP contribution in [0.25, 0.3) is 0 Å². The molecule has 2 heterocycles. The van der Waals surface area contributed by atoms with Gasteiger partial charge in [0.15, 0.2) is 0 Å². The fraction of sp³-hybridized carbons (Fsp3) is 0.158. The summed E-state index contributed by atoms with van der Waals surface area (Å²) in [7, 11) is 1.59. The van der Waals surface area contributed by atoms with E-state index in [-0.39, 0.29) is 5.91 Å². The first-order valence-electron chi connectivity index (χ1n) is 7.71. The SMILES string of the molecule is COc1ccc(Br)c(C(=O)N(Cc2ccsc2)Cc2ccccn2)c1. The number of pyridine rings is 1. The predicted molar refractivity (Wildman–Crippen MR) is 103 cm³/mol. The molecule has 1 amide bonds. The van der Waals surface area contributed by atoms with Crippen LogP contribution in [-0.4, -0.2) is 22.9 Å². The molecule has 0 aliphatic carbocycles. The Bertz CT molecular complexity index is 838. The number of amides is 1. The molecular weight excluding hydrogens is 400 g/mol. The quantitative estimate of drug-likeness (QED) is 0.581. The number of carbonyl (C=O) groups excluding carboxylic acids is 1. The summed E-state index contributed by atoms with van der Waals surface area (Å²) >= 11 is 5.10. The van der Waals surface area contributed by atoms with E-state index in [4.69, 9.17) is 4.74 Å². The zero-order chi connectivity index (χ0) is 17.6. The largest absolute Gasteiger partial charge is 0.497 e. The zero-order valence-corrected chi connectivity index (χ0v) is 16.1. The van der Waals surface area contributed by atoms with Gasteiger partial charge in [-0.3, -0.25) is 9.78 Å². The van der Waals surface area contributed by atoms with Crippen molar-refractivity contribution in [3.63, 3.8) is 0 Å². The lowest BCUT2D eigenvalue weighted by Gasteiger charge is -2.23. The second-order valence-corrected chi connectivity index (χ2v) is 7.09. The van der Waals surface area contributed by atoms with Crippen molar-refractivity contribution >= 4 is 33.2 Å². The number of carbonyl (C=O) groups is 1. The van der Waals surface area contributed by atoms with Gasteiger partial charge in [0.05, 0.1) is 24.9 Å². The monoisotopic (exact) mass is 416 g/mol. The molecule has 0 unspecified atom stereocenters. The van der Waals surface area contributed by atoms with Crippen LogP contribution in [0.5, 0.6) is 5.75 Å². The summed E-state index contributed by atoms with van der Waals surface area (Å²) in [5, 5.41) is 4.07. The average molecular weight is 417 g/mol. The van der Waals surface area contributed by atoms with Gasteiger partial charge in [-0.1, -0.05) is 6.07 Å². The molecule has 0 spiro atoms. The second-order valence-electron chi connectivity index (χ2n) is 5.46. The fourth-order valence-electron chi connectivity index (χ4n) is 2.46. The predicted octanol–water partition coefficient (Wildman–Crippen LogP) is 4.76. The van der Waals surface area contributed by atoms with E-state index >= 15 is 0 Å². The molecule has 3 aromatic rings. The summed E-state index contributed by atoms with van der Waals surface area (Å²) in [4.78, 5) is 19.3. The van der Waals surface area contributed by atoms with E-state index in [0.717, 1.165) is 15.7 Å². The Morgan fingerprint density at radius 3 is 2.80 bits per heavy atom. The highest BCUT2D eigenvalue weighted by Gasteiger charge is 2.20. The van der Waals surface area contributed by atoms with Gasteiger partial charge in [0.2, 0.25) is 0 Å². The van der Waals surface area contributed by atoms with Crippen LogP contribution in [0, 0.1) is 0 Å². The normalized spacial score (nSPS) is 10.5. The first-order valence-corrected chi connectivity index (χ1v) is 9.45. The Hall–Kier alpha value is -2.18. The van der Waals surface area contributed by atoms with Crippen molar-refractivity contribution in [2.45, 2.75) is 13.1 Å². The van der Waals surface area contributed by atoms with Crippen molar-refractivity contribution in [1.82, 2.24) is 9.88 Å². The minimum Gasteiger partial charge on any atom is -0.497 e. The Kier molecular flexibility index (Phi) is 5.83. The minimum absolute atomic E-state index is 0.0670. The summed E-state index contributed by atoms with van der Waals surface area (Å²) in [5.41, 5.74) is 2.53. The molecule has 0 N–H and O–H groups in total. The van der Waals surface area contributed by atoms with E-state index in [1.54, 1.807) is 35.6 Å². The maximum atomic E-state index is 13.2. The third kappa shape index (κ3) is 4.46. The molecule has 6 heteroatoms. The van der Waals surface area contributed by atoms with Crippen molar-refractivity contribution < 1.29 is 9.53 Å². The number of aromatic nitrogens is 1. The van der Waals surface area contributed by atoms with Crippen LogP contribution in [0.3, 0.4) is 0 Å². The number of ether oxygens (including phenoxy) is 1. The van der Waals surface area contributed by atoms with Crippen molar-refractivity contribution in [1.29, 1.82) is 0 Å². The van der Waals surface area contributed by atoms with Gasteiger partial charge in [-0.05, 0) is 68.7 Å². The van der Waals surface area contributed by atoms with Crippen LogP contribution in [0.15, 0.2) is 63.9 Å². The molecule has 0 aliphatic heterocycles. The molecule has 2 aromatic heterocycles. The summed E-state index contributed by atoms with van der Waals surface area (Å²) < 4.78 is 6.01. The van der Waals surface area contributed by atoms with Gasteiger partial charge in [0.1, 0.15) is 5.75 Å². The lowest BCUT2D eigenvalue weighted by atomic mass is 10.1. The van der Waals surface area contributed by atoms with Gasteiger partial charge in [-0.2, -0.15) is 11.3 Å². The molecule has 1 aromatic carbocycles. The molecule has 128 valence electrons. The van der Waals surface area contributed by atoms with E-state index in [0.29, 0.717) is 24.4 Å². The highest BCUT2D eigenvalue weighted by atomic mass is 79.9. The van der Waals surface area contributed by atoms with Crippen LogP contribution >= 0.6 is 27.3 Å². The van der Waals surface area contributed by atoms with Crippen LogP contribution in [0.1, 0.15) is 21.6 Å². The summed E-state index contributed by atoms with van der Waals surface area (Å²) in [5.74, 6) is 0.586. The Labute approximate surface area is 159 Å². The highest BCUT2D eigenvalue weighted by Crippen LogP contribution is 2.25. The Morgan fingerprint density at radius 1 is 1.24 bits per heavy atom. The van der Waals surface area contributed by atoms with Crippen molar-refractivity contribution in [2.24, 2.45) is 0 Å². The summed E-state index contributed by atoms with van der Waals surface area (Å²) in [6.07, 6.45) is 1.74. The highest BCUT2D eigenvalue weighted by molar-refractivity contribution is 9.10. The van der Waals surface area contributed by atoms with E-state index in [1.807, 2.05) is 41.8 Å². The molecule has 0 aliphatic rings. The molecule has 0 bridgehead atoms. The molecule has 3 rings (SSSR count). The number of nitrogens with zero attached hydrogens (tertiary/aromatic N) is 2. The number of hydrogen-bond acceptors (Lipinski definition) is 4. The number of methoxy groups -OCH3 is 1. The smallest absolute Gasteiger partial charge is 0.255 e. The van der Waals surface area contributed by atoms with Gasteiger partial charge in [0, 0.05) is 17.2 Å². The van der Waals surface area contributed by atoms with Crippen LogP contribution in [-0.2, 0) is 13.1 Å². The standard InChI is InChI=1S/C19H17BrN2O2S/c1-24-16-5-6-18(20)17(10-16)19(23)22(11-14-7-9-25-13-14)12-15-4-2-3-8-21-15/h2-10,13H,11-12H2,1H3. The van der Waals surface area contributed by atoms with Crippen LogP contribution < -0.4 is 4.74 Å². The van der Waals surface area contributed by atoms with Gasteiger partial charge < -0.3 is 9.64 Å². The van der Waals surface area contributed by atoms with E-state index in [1.165, 1.54) is 0 Å². The first-order chi connectivity index (χ1) is 12.2. The molecule has 0 saturated carbocycles. The summed E-state index contributed by atoms with van der Waals surface area (Å²) in [6, 6.07) is 13.2. The lowest BCUT2D eigenvalue weighted by Crippen LogP contribution is -2.30.